The average molecular weight is 267 g/mol. The lowest BCUT2D eigenvalue weighted by molar-refractivity contribution is 0.0514. The SMILES string of the molecule is CCOC(=O)c1coc(OC2CCCCC2CC)n1. The van der Waals surface area contributed by atoms with E-state index >= 15 is 0 Å². The fourth-order valence-corrected chi connectivity index (χ4v) is 2.54. The van der Waals surface area contributed by atoms with Gasteiger partial charge in [0.1, 0.15) is 12.4 Å². The predicted molar refractivity (Wildman–Crippen MR) is 69.1 cm³/mol. The van der Waals surface area contributed by atoms with Crippen LogP contribution in [0.3, 0.4) is 0 Å². The van der Waals surface area contributed by atoms with E-state index in [9.17, 15) is 4.79 Å². The molecule has 2 unspecified atom stereocenters. The Labute approximate surface area is 113 Å². The van der Waals surface area contributed by atoms with E-state index in [1.165, 1.54) is 25.5 Å². The fourth-order valence-electron chi connectivity index (χ4n) is 2.54. The van der Waals surface area contributed by atoms with Gasteiger partial charge in [-0.05, 0) is 38.5 Å². The summed E-state index contributed by atoms with van der Waals surface area (Å²) in [5.74, 6) is 0.0727. The second-order valence-electron chi connectivity index (χ2n) is 4.83. The van der Waals surface area contributed by atoms with Gasteiger partial charge in [-0.1, -0.05) is 13.3 Å². The van der Waals surface area contributed by atoms with Crippen molar-refractivity contribution in [3.05, 3.63) is 12.0 Å². The first-order chi connectivity index (χ1) is 9.24. The lowest BCUT2D eigenvalue weighted by atomic mass is 9.85. The van der Waals surface area contributed by atoms with E-state index in [4.69, 9.17) is 13.9 Å². The average Bonchev–Trinajstić information content (AvgIpc) is 2.88. The van der Waals surface area contributed by atoms with E-state index in [0.717, 1.165) is 12.8 Å². The summed E-state index contributed by atoms with van der Waals surface area (Å²) in [7, 11) is 0. The van der Waals surface area contributed by atoms with Crippen LogP contribution < -0.4 is 4.74 Å². The van der Waals surface area contributed by atoms with Crippen molar-refractivity contribution in [3.63, 3.8) is 0 Å². The van der Waals surface area contributed by atoms with Crippen LogP contribution in [0.15, 0.2) is 10.7 Å². The highest BCUT2D eigenvalue weighted by molar-refractivity contribution is 5.86. The summed E-state index contributed by atoms with van der Waals surface area (Å²) in [5.41, 5.74) is 0.167. The molecule has 0 aromatic carbocycles. The molecule has 0 radical (unpaired) electrons. The van der Waals surface area contributed by atoms with Crippen LogP contribution in [-0.4, -0.2) is 23.7 Å². The number of esters is 1. The number of ether oxygens (including phenoxy) is 2. The lowest BCUT2D eigenvalue weighted by Crippen LogP contribution is -2.30. The molecule has 1 aromatic rings. The molecule has 0 bridgehead atoms. The molecule has 1 aromatic heterocycles. The molecule has 1 aliphatic rings. The van der Waals surface area contributed by atoms with E-state index in [2.05, 4.69) is 11.9 Å². The zero-order valence-electron chi connectivity index (χ0n) is 11.6. The van der Waals surface area contributed by atoms with Gasteiger partial charge in [0.05, 0.1) is 6.61 Å². The van der Waals surface area contributed by atoms with Crippen LogP contribution in [0.25, 0.3) is 0 Å². The van der Waals surface area contributed by atoms with Gasteiger partial charge in [0, 0.05) is 0 Å². The Kier molecular flexibility index (Phi) is 4.82. The van der Waals surface area contributed by atoms with Crippen molar-refractivity contribution in [2.45, 2.75) is 52.1 Å². The zero-order valence-corrected chi connectivity index (χ0v) is 11.6. The van der Waals surface area contributed by atoms with E-state index < -0.39 is 5.97 Å². The number of carbonyl (C=O) groups is 1. The summed E-state index contributed by atoms with van der Waals surface area (Å²) in [5, 5.41) is 0. The molecular weight excluding hydrogens is 246 g/mol. The van der Waals surface area contributed by atoms with Crippen molar-refractivity contribution in [2.75, 3.05) is 6.61 Å². The number of oxazole rings is 1. The van der Waals surface area contributed by atoms with Crippen molar-refractivity contribution in [1.82, 2.24) is 4.98 Å². The van der Waals surface area contributed by atoms with E-state index in [0.29, 0.717) is 12.5 Å². The highest BCUT2D eigenvalue weighted by Gasteiger charge is 2.27. The maximum Gasteiger partial charge on any atom is 0.394 e. The Morgan fingerprint density at radius 2 is 2.21 bits per heavy atom. The number of carbonyl (C=O) groups excluding carboxylic acids is 1. The van der Waals surface area contributed by atoms with Gasteiger partial charge in [0.2, 0.25) is 0 Å². The largest absolute Gasteiger partial charge is 0.461 e. The minimum Gasteiger partial charge on any atom is -0.461 e. The molecule has 5 heteroatoms. The molecule has 19 heavy (non-hydrogen) atoms. The summed E-state index contributed by atoms with van der Waals surface area (Å²) in [6.45, 7) is 4.25. The standard InChI is InChI=1S/C14H21NO4/c1-3-10-7-5-6-8-12(10)19-14-15-11(9-18-14)13(16)17-4-2/h9-10,12H,3-8H2,1-2H3. The van der Waals surface area contributed by atoms with Gasteiger partial charge in [-0.2, -0.15) is 4.98 Å². The van der Waals surface area contributed by atoms with Crippen LogP contribution >= 0.6 is 0 Å². The Balaban J connectivity index is 1.97. The fraction of sp³-hybridized carbons (Fsp3) is 0.714. The van der Waals surface area contributed by atoms with Gasteiger partial charge in [-0.15, -0.1) is 0 Å². The highest BCUT2D eigenvalue weighted by Crippen LogP contribution is 2.30. The first-order valence-corrected chi connectivity index (χ1v) is 7.03. The normalized spacial score (nSPS) is 23.1. The number of rotatable bonds is 5. The molecule has 0 saturated heterocycles. The second-order valence-corrected chi connectivity index (χ2v) is 4.83. The van der Waals surface area contributed by atoms with E-state index in [-0.39, 0.29) is 17.9 Å². The first kappa shape index (κ1) is 13.9. The van der Waals surface area contributed by atoms with Crippen LogP contribution in [0.4, 0.5) is 0 Å². The number of nitrogens with zero attached hydrogens (tertiary/aromatic N) is 1. The van der Waals surface area contributed by atoms with Crippen LogP contribution in [0.2, 0.25) is 0 Å². The maximum absolute atomic E-state index is 11.5. The van der Waals surface area contributed by atoms with Crippen molar-refractivity contribution in [1.29, 1.82) is 0 Å². The van der Waals surface area contributed by atoms with Crippen LogP contribution in [0, 0.1) is 5.92 Å². The lowest BCUT2D eigenvalue weighted by Gasteiger charge is -2.29. The third kappa shape index (κ3) is 3.49. The molecule has 1 heterocycles. The second kappa shape index (κ2) is 6.59. The van der Waals surface area contributed by atoms with Gasteiger partial charge in [0.15, 0.2) is 5.69 Å². The highest BCUT2D eigenvalue weighted by atomic mass is 16.6. The van der Waals surface area contributed by atoms with Crippen molar-refractivity contribution in [3.8, 4) is 6.08 Å². The van der Waals surface area contributed by atoms with Gasteiger partial charge in [-0.25, -0.2) is 4.79 Å². The Bertz CT molecular complexity index is 415. The molecule has 2 rings (SSSR count). The Morgan fingerprint density at radius 1 is 1.42 bits per heavy atom. The molecular formula is C14H21NO4. The minimum absolute atomic E-state index is 0.146. The molecule has 0 spiro atoms. The maximum atomic E-state index is 11.5. The molecule has 1 fully saturated rings. The smallest absolute Gasteiger partial charge is 0.394 e. The number of hydrogen-bond acceptors (Lipinski definition) is 5. The Morgan fingerprint density at radius 3 is 2.95 bits per heavy atom. The van der Waals surface area contributed by atoms with Crippen molar-refractivity contribution < 1.29 is 18.7 Å². The molecule has 106 valence electrons. The molecule has 0 amide bonds. The van der Waals surface area contributed by atoms with Crippen LogP contribution in [0.5, 0.6) is 6.08 Å². The molecule has 1 saturated carbocycles. The van der Waals surface area contributed by atoms with Gasteiger partial charge in [-0.3, -0.25) is 0 Å². The third-order valence-electron chi connectivity index (χ3n) is 3.58. The van der Waals surface area contributed by atoms with Gasteiger partial charge < -0.3 is 13.9 Å². The molecule has 0 aliphatic heterocycles. The van der Waals surface area contributed by atoms with Gasteiger partial charge in [0.25, 0.3) is 0 Å². The third-order valence-corrected chi connectivity index (χ3v) is 3.58. The summed E-state index contributed by atoms with van der Waals surface area (Å²) in [6, 6.07) is 0. The molecule has 2 atom stereocenters. The first-order valence-electron chi connectivity index (χ1n) is 7.03. The van der Waals surface area contributed by atoms with Gasteiger partial charge >= 0.3 is 12.0 Å². The summed E-state index contributed by atoms with van der Waals surface area (Å²) in [6.07, 6.45) is 7.35. The Hall–Kier alpha value is -1.52. The van der Waals surface area contributed by atoms with Crippen molar-refractivity contribution >= 4 is 5.97 Å². The van der Waals surface area contributed by atoms with Crippen molar-refractivity contribution in [2.24, 2.45) is 5.92 Å². The molecule has 5 nitrogen and oxygen atoms in total. The van der Waals surface area contributed by atoms with E-state index in [1.807, 2.05) is 0 Å². The summed E-state index contributed by atoms with van der Waals surface area (Å²) >= 11 is 0. The molecule has 0 N–H and O–H groups in total. The zero-order chi connectivity index (χ0) is 13.7. The molecule has 1 aliphatic carbocycles. The number of aromatic nitrogens is 1. The topological polar surface area (TPSA) is 61.6 Å². The quantitative estimate of drug-likeness (QED) is 0.767. The summed E-state index contributed by atoms with van der Waals surface area (Å²) < 4.78 is 15.8. The van der Waals surface area contributed by atoms with Crippen LogP contribution in [0.1, 0.15) is 56.4 Å². The minimum atomic E-state index is -0.475. The monoisotopic (exact) mass is 267 g/mol. The predicted octanol–water partition coefficient (Wildman–Crippen LogP) is 3.20. The number of hydrogen-bond donors (Lipinski definition) is 0. The van der Waals surface area contributed by atoms with Crippen LogP contribution in [-0.2, 0) is 4.74 Å². The van der Waals surface area contributed by atoms with E-state index in [1.54, 1.807) is 6.92 Å². The summed E-state index contributed by atoms with van der Waals surface area (Å²) in [4.78, 5) is 15.5.